The van der Waals surface area contributed by atoms with E-state index in [1.54, 1.807) is 25.3 Å². The number of hydrogen-bond donors (Lipinski definition) is 2. The lowest BCUT2D eigenvalue weighted by atomic mass is 9.99. The van der Waals surface area contributed by atoms with Gasteiger partial charge in [0, 0.05) is 10.9 Å². The molecule has 2 rings (SSSR count). The van der Waals surface area contributed by atoms with Crippen LogP contribution in [0, 0.1) is 5.92 Å². The van der Waals surface area contributed by atoms with Crippen molar-refractivity contribution in [2.24, 2.45) is 5.92 Å². The molecule has 5 heteroatoms. The second kappa shape index (κ2) is 7.14. The lowest BCUT2D eigenvalue weighted by Gasteiger charge is -2.31. The molecular formula is C16H24ClN2O2+. The molecule has 0 bridgehead atoms. The minimum absolute atomic E-state index is 0.0136. The summed E-state index contributed by atoms with van der Waals surface area (Å²) in [5.41, 5.74) is 0.631. The molecule has 0 saturated carbocycles. The molecule has 2 N–H and O–H groups in total. The van der Waals surface area contributed by atoms with Gasteiger partial charge in [-0.15, -0.1) is 0 Å². The normalized spacial score (nSPS) is 23.4. The van der Waals surface area contributed by atoms with Crippen molar-refractivity contribution in [2.45, 2.75) is 32.7 Å². The minimum atomic E-state index is -0.0727. The molecule has 1 saturated heterocycles. The molecule has 1 amide bonds. The molecule has 1 fully saturated rings. The van der Waals surface area contributed by atoms with Gasteiger partial charge in [-0.05, 0) is 38.0 Å². The molecule has 1 heterocycles. The van der Waals surface area contributed by atoms with E-state index in [2.05, 4.69) is 12.2 Å². The van der Waals surface area contributed by atoms with Crippen molar-refractivity contribution in [3.8, 4) is 5.75 Å². The topological polar surface area (TPSA) is 42.8 Å². The fourth-order valence-electron chi connectivity index (χ4n) is 2.93. The third-order valence-corrected chi connectivity index (χ3v) is 4.47. The number of halogens is 1. The maximum atomic E-state index is 12.5. The highest BCUT2D eigenvalue weighted by atomic mass is 35.5. The van der Waals surface area contributed by atoms with Crippen LogP contribution in [0.25, 0.3) is 0 Å². The highest BCUT2D eigenvalue weighted by Crippen LogP contribution is 2.27. The fourth-order valence-corrected chi connectivity index (χ4v) is 3.10. The van der Waals surface area contributed by atoms with Crippen LogP contribution in [0.3, 0.4) is 0 Å². The maximum Gasteiger partial charge on any atom is 0.282 e. The number of anilines is 1. The van der Waals surface area contributed by atoms with Crippen LogP contribution in [0.1, 0.15) is 26.7 Å². The van der Waals surface area contributed by atoms with Gasteiger partial charge in [-0.3, -0.25) is 4.79 Å². The molecule has 0 spiro atoms. The number of rotatable bonds is 4. The number of amides is 1. The number of benzene rings is 1. The Bertz CT molecular complexity index is 507. The van der Waals surface area contributed by atoms with Crippen LogP contribution in [-0.4, -0.2) is 32.1 Å². The Hall–Kier alpha value is -1.26. The van der Waals surface area contributed by atoms with Crippen molar-refractivity contribution in [3.63, 3.8) is 0 Å². The third kappa shape index (κ3) is 4.11. The van der Waals surface area contributed by atoms with Crippen LogP contribution in [0.2, 0.25) is 5.02 Å². The Labute approximate surface area is 131 Å². The Balaban J connectivity index is 2.05. The highest BCUT2D eigenvalue weighted by molar-refractivity contribution is 6.31. The number of ether oxygens (including phenoxy) is 1. The zero-order chi connectivity index (χ0) is 15.4. The number of carbonyl (C=O) groups is 1. The van der Waals surface area contributed by atoms with Crippen molar-refractivity contribution in [3.05, 3.63) is 23.2 Å². The van der Waals surface area contributed by atoms with Crippen molar-refractivity contribution >= 4 is 23.2 Å². The zero-order valence-electron chi connectivity index (χ0n) is 12.9. The van der Waals surface area contributed by atoms with Gasteiger partial charge in [0.25, 0.3) is 5.91 Å². The van der Waals surface area contributed by atoms with Gasteiger partial charge in [-0.2, -0.15) is 0 Å². The molecule has 0 radical (unpaired) electrons. The molecule has 1 unspecified atom stereocenters. The van der Waals surface area contributed by atoms with Crippen LogP contribution in [0.15, 0.2) is 18.2 Å². The first-order chi connectivity index (χ1) is 10.0. The molecule has 3 atom stereocenters. The average Bonchev–Trinajstić information content (AvgIpc) is 2.46. The number of methoxy groups -OCH3 is 1. The number of likely N-dealkylation sites (tertiary alicyclic amines) is 1. The molecule has 0 aliphatic carbocycles. The van der Waals surface area contributed by atoms with Crippen LogP contribution < -0.4 is 15.0 Å². The Kier molecular flexibility index (Phi) is 5.48. The molecule has 1 aromatic rings. The van der Waals surface area contributed by atoms with Crippen molar-refractivity contribution in [1.29, 1.82) is 0 Å². The summed E-state index contributed by atoms with van der Waals surface area (Å²) in [5, 5.41) is 3.53. The van der Waals surface area contributed by atoms with E-state index in [0.29, 0.717) is 22.4 Å². The molecule has 0 aromatic heterocycles. The standard InChI is InChI=1S/C16H23ClN2O2/c1-11-5-4-8-19(10-11)12(2)16(20)18-14-9-13(17)6-7-15(14)21-3/h6-7,9,11-12H,4-5,8,10H2,1-3H3,(H,18,20)/p+1/t11-,12+/m1/s1. The summed E-state index contributed by atoms with van der Waals surface area (Å²) in [6.07, 6.45) is 2.45. The average molecular weight is 312 g/mol. The SMILES string of the molecule is COc1ccc(Cl)cc1NC(=O)[C@H](C)[NH+]1CCC[C@@H](C)C1. The third-order valence-electron chi connectivity index (χ3n) is 4.23. The Morgan fingerprint density at radius 2 is 2.29 bits per heavy atom. The number of quaternary nitrogens is 1. The monoisotopic (exact) mass is 311 g/mol. The van der Waals surface area contributed by atoms with E-state index in [-0.39, 0.29) is 11.9 Å². The summed E-state index contributed by atoms with van der Waals surface area (Å²) in [6, 6.07) is 5.16. The van der Waals surface area contributed by atoms with E-state index in [1.165, 1.54) is 17.7 Å². The minimum Gasteiger partial charge on any atom is -0.495 e. The first-order valence-corrected chi connectivity index (χ1v) is 7.88. The van der Waals surface area contributed by atoms with E-state index in [1.807, 2.05) is 6.92 Å². The molecular weight excluding hydrogens is 288 g/mol. The summed E-state index contributed by atoms with van der Waals surface area (Å²) < 4.78 is 5.26. The fraction of sp³-hybridized carbons (Fsp3) is 0.562. The van der Waals surface area contributed by atoms with Crippen LogP contribution in [-0.2, 0) is 4.79 Å². The summed E-state index contributed by atoms with van der Waals surface area (Å²) in [6.45, 7) is 6.36. The van der Waals surface area contributed by atoms with Gasteiger partial charge in [0.15, 0.2) is 6.04 Å². The molecule has 1 aromatic carbocycles. The summed E-state index contributed by atoms with van der Waals surface area (Å²) in [7, 11) is 1.58. The number of piperidine rings is 1. The smallest absolute Gasteiger partial charge is 0.282 e. The number of carbonyl (C=O) groups excluding carboxylic acids is 1. The predicted molar refractivity (Wildman–Crippen MR) is 85.2 cm³/mol. The van der Waals surface area contributed by atoms with E-state index in [4.69, 9.17) is 16.3 Å². The Morgan fingerprint density at radius 3 is 2.95 bits per heavy atom. The van der Waals surface area contributed by atoms with E-state index in [9.17, 15) is 4.79 Å². The molecule has 4 nitrogen and oxygen atoms in total. The first kappa shape index (κ1) is 16.1. The molecule has 21 heavy (non-hydrogen) atoms. The van der Waals surface area contributed by atoms with Gasteiger partial charge >= 0.3 is 0 Å². The molecule has 116 valence electrons. The van der Waals surface area contributed by atoms with Crippen molar-refractivity contribution < 1.29 is 14.4 Å². The van der Waals surface area contributed by atoms with E-state index >= 15 is 0 Å². The summed E-state index contributed by atoms with van der Waals surface area (Å²) in [5.74, 6) is 1.33. The summed E-state index contributed by atoms with van der Waals surface area (Å²) >= 11 is 5.99. The quantitative estimate of drug-likeness (QED) is 0.893. The predicted octanol–water partition coefficient (Wildman–Crippen LogP) is 1.99. The highest BCUT2D eigenvalue weighted by Gasteiger charge is 2.29. The van der Waals surface area contributed by atoms with Gasteiger partial charge in [-0.25, -0.2) is 0 Å². The second-order valence-electron chi connectivity index (χ2n) is 5.92. The molecule has 1 aliphatic heterocycles. The van der Waals surface area contributed by atoms with Gasteiger partial charge in [-0.1, -0.05) is 18.5 Å². The zero-order valence-corrected chi connectivity index (χ0v) is 13.7. The maximum absolute atomic E-state index is 12.5. The van der Waals surface area contributed by atoms with E-state index in [0.717, 1.165) is 13.1 Å². The van der Waals surface area contributed by atoms with Crippen molar-refractivity contribution in [1.82, 2.24) is 0 Å². The van der Waals surface area contributed by atoms with Crippen LogP contribution in [0.5, 0.6) is 5.75 Å². The van der Waals surface area contributed by atoms with Gasteiger partial charge in [0.1, 0.15) is 5.75 Å². The molecule has 1 aliphatic rings. The van der Waals surface area contributed by atoms with Gasteiger partial charge in [0.05, 0.1) is 25.9 Å². The lowest BCUT2D eigenvalue weighted by Crippen LogP contribution is -3.17. The summed E-state index contributed by atoms with van der Waals surface area (Å²) in [4.78, 5) is 13.8. The Morgan fingerprint density at radius 1 is 1.52 bits per heavy atom. The number of hydrogen-bond acceptors (Lipinski definition) is 2. The van der Waals surface area contributed by atoms with E-state index < -0.39 is 0 Å². The van der Waals surface area contributed by atoms with Crippen LogP contribution in [0.4, 0.5) is 5.69 Å². The van der Waals surface area contributed by atoms with Crippen molar-refractivity contribution in [2.75, 3.05) is 25.5 Å². The second-order valence-corrected chi connectivity index (χ2v) is 6.35. The van der Waals surface area contributed by atoms with Gasteiger partial charge < -0.3 is 15.0 Å². The van der Waals surface area contributed by atoms with Gasteiger partial charge in [0.2, 0.25) is 0 Å². The first-order valence-electron chi connectivity index (χ1n) is 7.50. The van der Waals surface area contributed by atoms with Crippen LogP contribution >= 0.6 is 11.6 Å². The lowest BCUT2D eigenvalue weighted by molar-refractivity contribution is -0.922. The largest absolute Gasteiger partial charge is 0.495 e. The number of nitrogens with one attached hydrogen (secondary N) is 2.